The van der Waals surface area contributed by atoms with E-state index >= 15 is 0 Å². The van der Waals surface area contributed by atoms with Crippen LogP contribution in [-0.2, 0) is 4.79 Å². The first-order valence-electron chi connectivity index (χ1n) is 9.29. The number of aryl methyl sites for hydroxylation is 2. The van der Waals surface area contributed by atoms with Crippen LogP contribution in [0.2, 0.25) is 0 Å². The third-order valence-electron chi connectivity index (χ3n) is 4.67. The summed E-state index contributed by atoms with van der Waals surface area (Å²) in [5, 5.41) is 15.3. The molecule has 3 rings (SSSR count). The van der Waals surface area contributed by atoms with Crippen LogP contribution in [0.3, 0.4) is 0 Å². The SMILES string of the molecule is Cc1ccc(-n2nnnc2SC(C)C(=O)Nc2ccccc2C(C)C)cc1C. The number of amides is 1. The number of benzene rings is 2. The molecule has 0 radical (unpaired) electrons. The number of rotatable bonds is 6. The molecule has 1 heterocycles. The van der Waals surface area contributed by atoms with Crippen molar-refractivity contribution in [3.63, 3.8) is 0 Å². The van der Waals surface area contributed by atoms with E-state index in [9.17, 15) is 4.79 Å². The van der Waals surface area contributed by atoms with Crippen molar-refractivity contribution >= 4 is 23.4 Å². The summed E-state index contributed by atoms with van der Waals surface area (Å²) in [5.74, 6) is 0.254. The van der Waals surface area contributed by atoms with E-state index in [0.717, 1.165) is 16.9 Å². The Balaban J connectivity index is 1.75. The molecule has 0 aliphatic carbocycles. The van der Waals surface area contributed by atoms with Gasteiger partial charge in [0.25, 0.3) is 0 Å². The van der Waals surface area contributed by atoms with Crippen LogP contribution in [-0.4, -0.2) is 31.4 Å². The maximum absolute atomic E-state index is 12.8. The zero-order valence-corrected chi connectivity index (χ0v) is 17.6. The predicted molar refractivity (Wildman–Crippen MR) is 113 cm³/mol. The highest BCUT2D eigenvalue weighted by molar-refractivity contribution is 8.00. The average Bonchev–Trinajstić information content (AvgIpc) is 3.12. The Bertz CT molecular complexity index is 982. The van der Waals surface area contributed by atoms with Gasteiger partial charge in [-0.05, 0) is 72.0 Å². The van der Waals surface area contributed by atoms with Crippen molar-refractivity contribution in [3.05, 3.63) is 59.2 Å². The molecule has 146 valence electrons. The van der Waals surface area contributed by atoms with Crippen molar-refractivity contribution in [2.45, 2.75) is 50.9 Å². The van der Waals surface area contributed by atoms with Crippen molar-refractivity contribution < 1.29 is 4.79 Å². The van der Waals surface area contributed by atoms with Crippen LogP contribution in [0.15, 0.2) is 47.6 Å². The van der Waals surface area contributed by atoms with E-state index in [1.54, 1.807) is 4.68 Å². The normalized spacial score (nSPS) is 12.2. The lowest BCUT2D eigenvalue weighted by molar-refractivity contribution is -0.115. The fourth-order valence-corrected chi connectivity index (χ4v) is 3.64. The molecule has 7 heteroatoms. The number of para-hydroxylation sites is 1. The second kappa shape index (κ2) is 8.56. The topological polar surface area (TPSA) is 72.7 Å². The summed E-state index contributed by atoms with van der Waals surface area (Å²) in [6, 6.07) is 14.0. The first-order chi connectivity index (χ1) is 13.4. The molecule has 1 atom stereocenters. The number of hydrogen-bond donors (Lipinski definition) is 1. The fraction of sp³-hybridized carbons (Fsp3) is 0.333. The molecule has 0 bridgehead atoms. The van der Waals surface area contributed by atoms with Crippen molar-refractivity contribution in [3.8, 4) is 5.69 Å². The number of nitrogens with zero attached hydrogens (tertiary/aromatic N) is 4. The Morgan fingerprint density at radius 3 is 2.54 bits per heavy atom. The number of aromatic nitrogens is 4. The second-order valence-corrected chi connectivity index (χ2v) is 8.44. The van der Waals surface area contributed by atoms with Crippen LogP contribution < -0.4 is 5.32 Å². The minimum absolute atomic E-state index is 0.0762. The average molecular weight is 396 g/mol. The third-order valence-corrected chi connectivity index (χ3v) is 5.70. The highest BCUT2D eigenvalue weighted by atomic mass is 32.2. The molecule has 1 amide bonds. The highest BCUT2D eigenvalue weighted by Crippen LogP contribution is 2.27. The molecule has 0 aliphatic heterocycles. The van der Waals surface area contributed by atoms with Crippen molar-refractivity contribution in [2.24, 2.45) is 0 Å². The van der Waals surface area contributed by atoms with Gasteiger partial charge in [-0.1, -0.05) is 49.9 Å². The summed E-state index contributed by atoms with van der Waals surface area (Å²) in [4.78, 5) is 12.8. The molecular formula is C21H25N5OS. The van der Waals surface area contributed by atoms with Gasteiger partial charge >= 0.3 is 0 Å². The van der Waals surface area contributed by atoms with E-state index in [1.807, 2.05) is 49.4 Å². The number of tetrazole rings is 1. The van der Waals surface area contributed by atoms with Gasteiger partial charge in [0.1, 0.15) is 0 Å². The fourth-order valence-electron chi connectivity index (χ4n) is 2.83. The number of carbonyl (C=O) groups excluding carboxylic acids is 1. The number of nitrogens with one attached hydrogen (secondary N) is 1. The Labute approximate surface area is 169 Å². The molecule has 0 fully saturated rings. The van der Waals surface area contributed by atoms with E-state index < -0.39 is 0 Å². The van der Waals surface area contributed by atoms with E-state index in [-0.39, 0.29) is 11.2 Å². The Morgan fingerprint density at radius 2 is 1.82 bits per heavy atom. The summed E-state index contributed by atoms with van der Waals surface area (Å²) in [5.41, 5.74) is 5.23. The van der Waals surface area contributed by atoms with Crippen LogP contribution >= 0.6 is 11.8 Å². The lowest BCUT2D eigenvalue weighted by Gasteiger charge is -2.16. The zero-order valence-electron chi connectivity index (χ0n) is 16.8. The molecule has 1 N–H and O–H groups in total. The molecule has 1 aromatic heterocycles. The lowest BCUT2D eigenvalue weighted by Crippen LogP contribution is -2.23. The number of thioether (sulfide) groups is 1. The molecule has 28 heavy (non-hydrogen) atoms. The summed E-state index contributed by atoms with van der Waals surface area (Å²) in [6.07, 6.45) is 0. The molecule has 0 saturated heterocycles. The summed E-state index contributed by atoms with van der Waals surface area (Å²) >= 11 is 1.34. The lowest BCUT2D eigenvalue weighted by atomic mass is 10.0. The number of anilines is 1. The summed E-state index contributed by atoms with van der Waals surface area (Å²) in [6.45, 7) is 10.2. The minimum Gasteiger partial charge on any atom is -0.325 e. The first kappa shape index (κ1) is 20.1. The molecule has 2 aromatic carbocycles. The number of hydrogen-bond acceptors (Lipinski definition) is 5. The zero-order chi connectivity index (χ0) is 20.3. The second-order valence-electron chi connectivity index (χ2n) is 7.13. The van der Waals surface area contributed by atoms with Crippen LogP contribution in [0.5, 0.6) is 0 Å². The van der Waals surface area contributed by atoms with E-state index in [0.29, 0.717) is 11.1 Å². The van der Waals surface area contributed by atoms with Crippen LogP contribution in [0.1, 0.15) is 43.4 Å². The minimum atomic E-state index is -0.350. The van der Waals surface area contributed by atoms with E-state index in [1.165, 1.54) is 22.9 Å². The first-order valence-corrected chi connectivity index (χ1v) is 10.2. The molecule has 0 aliphatic rings. The standard InChI is InChI=1S/C21H25N5OS/c1-13(2)18-8-6-7-9-19(18)22-20(27)16(5)28-21-23-24-25-26(21)17-11-10-14(3)15(4)12-17/h6-13,16H,1-5H3,(H,22,27). The Hall–Kier alpha value is -2.67. The van der Waals surface area contributed by atoms with E-state index in [2.05, 4.69) is 48.5 Å². The smallest absolute Gasteiger partial charge is 0.237 e. The highest BCUT2D eigenvalue weighted by Gasteiger charge is 2.20. The van der Waals surface area contributed by atoms with E-state index in [4.69, 9.17) is 0 Å². The summed E-state index contributed by atoms with van der Waals surface area (Å²) in [7, 11) is 0. The van der Waals surface area contributed by atoms with Crippen molar-refractivity contribution in [1.29, 1.82) is 0 Å². The van der Waals surface area contributed by atoms with Crippen molar-refractivity contribution in [1.82, 2.24) is 20.2 Å². The molecule has 0 saturated carbocycles. The maximum Gasteiger partial charge on any atom is 0.237 e. The monoisotopic (exact) mass is 395 g/mol. The van der Waals surface area contributed by atoms with Gasteiger partial charge in [-0.2, -0.15) is 4.68 Å². The third kappa shape index (κ3) is 4.42. The predicted octanol–water partition coefficient (Wildman–Crippen LogP) is 4.52. The summed E-state index contributed by atoms with van der Waals surface area (Å²) < 4.78 is 1.67. The van der Waals surface area contributed by atoms with Gasteiger partial charge in [0.2, 0.25) is 11.1 Å². The van der Waals surface area contributed by atoms with Gasteiger partial charge in [-0.25, -0.2) is 0 Å². The van der Waals surface area contributed by atoms with Crippen LogP contribution in [0.4, 0.5) is 5.69 Å². The quantitative estimate of drug-likeness (QED) is 0.621. The Morgan fingerprint density at radius 1 is 1.07 bits per heavy atom. The molecular weight excluding hydrogens is 370 g/mol. The number of carbonyl (C=O) groups is 1. The Kier molecular flexibility index (Phi) is 6.14. The maximum atomic E-state index is 12.8. The molecule has 6 nitrogen and oxygen atoms in total. The van der Waals surface area contributed by atoms with Crippen molar-refractivity contribution in [2.75, 3.05) is 5.32 Å². The van der Waals surface area contributed by atoms with Crippen LogP contribution in [0, 0.1) is 13.8 Å². The molecule has 1 unspecified atom stereocenters. The van der Waals surface area contributed by atoms with Gasteiger partial charge in [0, 0.05) is 5.69 Å². The van der Waals surface area contributed by atoms with Gasteiger partial charge < -0.3 is 5.32 Å². The molecule has 0 spiro atoms. The van der Waals surface area contributed by atoms with Gasteiger partial charge in [0.15, 0.2) is 0 Å². The van der Waals surface area contributed by atoms with Gasteiger partial charge in [0.05, 0.1) is 10.9 Å². The van der Waals surface area contributed by atoms with Gasteiger partial charge in [-0.3, -0.25) is 4.79 Å². The molecule has 3 aromatic rings. The largest absolute Gasteiger partial charge is 0.325 e. The van der Waals surface area contributed by atoms with Gasteiger partial charge in [-0.15, -0.1) is 5.10 Å². The van der Waals surface area contributed by atoms with Crippen LogP contribution in [0.25, 0.3) is 5.69 Å².